The van der Waals surface area contributed by atoms with Crippen LogP contribution in [0.25, 0.3) is 4.85 Å². The van der Waals surface area contributed by atoms with Gasteiger partial charge in [0, 0.05) is 12.1 Å². The molecule has 1 saturated heterocycles. The van der Waals surface area contributed by atoms with Gasteiger partial charge in [-0.1, -0.05) is 23.7 Å². The van der Waals surface area contributed by atoms with Crippen LogP contribution in [0, 0.1) is 13.5 Å². The lowest BCUT2D eigenvalue weighted by molar-refractivity contribution is -0.0132. The van der Waals surface area contributed by atoms with Gasteiger partial charge >= 0.3 is 0 Å². The van der Waals surface area contributed by atoms with Gasteiger partial charge in [0.2, 0.25) is 5.69 Å². The van der Waals surface area contributed by atoms with E-state index in [4.69, 9.17) is 28.0 Å². The van der Waals surface area contributed by atoms with Crippen molar-refractivity contribution < 1.29 is 9.84 Å². The first kappa shape index (κ1) is 16.3. The van der Waals surface area contributed by atoms with Crippen LogP contribution in [-0.2, 0) is 4.74 Å². The van der Waals surface area contributed by atoms with Crippen molar-refractivity contribution in [1.29, 1.82) is 0 Å². The molecule has 1 aromatic carbocycles. The topological polar surface area (TPSA) is 49.4 Å². The number of hydrazone groups is 1. The Morgan fingerprint density at radius 3 is 2.87 bits per heavy atom. The zero-order valence-electron chi connectivity index (χ0n) is 13.5. The highest BCUT2D eigenvalue weighted by atomic mass is 35.5. The van der Waals surface area contributed by atoms with E-state index in [1.807, 2.05) is 31.8 Å². The Labute approximate surface area is 141 Å². The van der Waals surface area contributed by atoms with Gasteiger partial charge < -0.3 is 9.84 Å². The van der Waals surface area contributed by atoms with Crippen LogP contribution in [-0.4, -0.2) is 46.7 Å². The molecule has 0 unspecified atom stereocenters. The van der Waals surface area contributed by atoms with Crippen molar-refractivity contribution in [1.82, 2.24) is 5.01 Å². The van der Waals surface area contributed by atoms with E-state index >= 15 is 0 Å². The number of benzene rings is 1. The summed E-state index contributed by atoms with van der Waals surface area (Å²) in [7, 11) is 0. The molecule has 6 heteroatoms. The van der Waals surface area contributed by atoms with E-state index in [9.17, 15) is 5.11 Å². The van der Waals surface area contributed by atoms with Gasteiger partial charge in [0.15, 0.2) is 0 Å². The van der Waals surface area contributed by atoms with Crippen LogP contribution in [0.1, 0.15) is 31.4 Å². The van der Waals surface area contributed by atoms with Gasteiger partial charge in [-0.15, -0.1) is 0 Å². The van der Waals surface area contributed by atoms with Gasteiger partial charge in [-0.3, -0.25) is 5.01 Å². The van der Waals surface area contributed by atoms with Gasteiger partial charge in [0.05, 0.1) is 29.5 Å². The van der Waals surface area contributed by atoms with Gasteiger partial charge in [-0.25, -0.2) is 4.85 Å². The third kappa shape index (κ3) is 2.72. The van der Waals surface area contributed by atoms with Gasteiger partial charge in [-0.2, -0.15) is 5.10 Å². The molecular formula is C17H20ClN3O2. The Hall–Kier alpha value is -1.61. The highest BCUT2D eigenvalue weighted by Gasteiger charge is 2.47. The summed E-state index contributed by atoms with van der Waals surface area (Å²) < 4.78 is 6.08. The third-order valence-corrected chi connectivity index (χ3v) is 4.87. The second kappa shape index (κ2) is 6.12. The summed E-state index contributed by atoms with van der Waals surface area (Å²) >= 11 is 6.31. The fourth-order valence-electron chi connectivity index (χ4n) is 3.29. The second-order valence-electron chi connectivity index (χ2n) is 6.28. The molecule has 0 radical (unpaired) electrons. The molecule has 2 aliphatic heterocycles. The average Bonchev–Trinajstić information content (AvgIpc) is 3.03. The summed E-state index contributed by atoms with van der Waals surface area (Å²) in [4.78, 5) is 3.43. The maximum absolute atomic E-state index is 10.3. The van der Waals surface area contributed by atoms with Crippen molar-refractivity contribution >= 4 is 23.0 Å². The Kier molecular flexibility index (Phi) is 4.33. The van der Waals surface area contributed by atoms with Crippen molar-refractivity contribution in [3.63, 3.8) is 0 Å². The van der Waals surface area contributed by atoms with Crippen LogP contribution in [0.4, 0.5) is 5.69 Å². The summed E-state index contributed by atoms with van der Waals surface area (Å²) in [6.07, 6.45) is -0.00825. The zero-order chi connectivity index (χ0) is 16.7. The summed E-state index contributed by atoms with van der Waals surface area (Å²) in [5.41, 5.74) is 2.94. The third-order valence-electron chi connectivity index (χ3n) is 4.39. The van der Waals surface area contributed by atoms with E-state index < -0.39 is 6.10 Å². The molecule has 0 aromatic heterocycles. The van der Waals surface area contributed by atoms with E-state index in [-0.39, 0.29) is 18.2 Å². The molecule has 122 valence electrons. The Morgan fingerprint density at radius 1 is 1.48 bits per heavy atom. The molecular weight excluding hydrogens is 314 g/mol. The molecule has 5 nitrogen and oxygen atoms in total. The number of ether oxygens (including phenoxy) is 1. The molecule has 1 N–H and O–H groups in total. The Morgan fingerprint density at radius 2 is 2.22 bits per heavy atom. The smallest absolute Gasteiger partial charge is 0.205 e. The predicted octanol–water partition coefficient (Wildman–Crippen LogP) is 3.15. The minimum absolute atomic E-state index is 0.0243. The number of halogens is 1. The predicted molar refractivity (Wildman–Crippen MR) is 90.1 cm³/mol. The van der Waals surface area contributed by atoms with Crippen molar-refractivity contribution in [3.8, 4) is 0 Å². The Balaban J connectivity index is 2.04. The molecule has 3 rings (SSSR count). The lowest BCUT2D eigenvalue weighted by atomic mass is 9.94. The monoisotopic (exact) mass is 333 g/mol. The van der Waals surface area contributed by atoms with E-state index in [2.05, 4.69) is 4.85 Å². The molecule has 0 aliphatic carbocycles. The molecule has 2 heterocycles. The van der Waals surface area contributed by atoms with E-state index in [1.54, 1.807) is 6.07 Å². The Bertz CT molecular complexity index is 696. The van der Waals surface area contributed by atoms with Gasteiger partial charge in [-0.05, 0) is 32.8 Å². The van der Waals surface area contributed by atoms with Crippen molar-refractivity contribution in [2.75, 3.05) is 6.54 Å². The number of hydrogen-bond donors (Lipinski definition) is 1. The number of aliphatic hydroxyl groups excluding tert-OH is 1. The maximum atomic E-state index is 10.3. The van der Waals surface area contributed by atoms with Crippen LogP contribution >= 0.6 is 11.6 Å². The first-order chi connectivity index (χ1) is 10.9. The molecule has 23 heavy (non-hydrogen) atoms. The minimum atomic E-state index is -0.446. The first-order valence-corrected chi connectivity index (χ1v) is 8.17. The molecule has 0 spiro atoms. The van der Waals surface area contributed by atoms with Crippen LogP contribution in [0.2, 0.25) is 5.02 Å². The normalized spacial score (nSPS) is 26.4. The lowest BCUT2D eigenvalue weighted by Crippen LogP contribution is -2.43. The molecule has 2 aliphatic rings. The zero-order valence-corrected chi connectivity index (χ0v) is 14.2. The van der Waals surface area contributed by atoms with Crippen LogP contribution < -0.4 is 0 Å². The maximum Gasteiger partial charge on any atom is 0.205 e. The molecule has 1 fully saturated rings. The number of fused-ring (bicyclic) bond motifs is 1. The van der Waals surface area contributed by atoms with Gasteiger partial charge in [0.1, 0.15) is 12.1 Å². The van der Waals surface area contributed by atoms with E-state index in [0.29, 0.717) is 17.1 Å². The largest absolute Gasteiger partial charge is 0.391 e. The lowest BCUT2D eigenvalue weighted by Gasteiger charge is -2.26. The fraction of sp³-hybridized carbons (Fsp3) is 0.529. The average molecular weight is 334 g/mol. The van der Waals surface area contributed by atoms with E-state index in [1.165, 1.54) is 0 Å². The van der Waals surface area contributed by atoms with Crippen LogP contribution in [0.3, 0.4) is 0 Å². The summed E-state index contributed by atoms with van der Waals surface area (Å²) in [5.74, 6) is 0. The fourth-order valence-corrected chi connectivity index (χ4v) is 3.50. The summed E-state index contributed by atoms with van der Waals surface area (Å²) in [5, 5.41) is 17.4. The van der Waals surface area contributed by atoms with Crippen molar-refractivity contribution in [2.24, 2.45) is 5.10 Å². The van der Waals surface area contributed by atoms with Crippen LogP contribution in [0.5, 0.6) is 0 Å². The summed E-state index contributed by atoms with van der Waals surface area (Å²) in [6, 6.07) is 3.44. The second-order valence-corrected chi connectivity index (χ2v) is 6.66. The van der Waals surface area contributed by atoms with Crippen molar-refractivity contribution in [2.45, 2.75) is 51.5 Å². The molecule has 0 amide bonds. The molecule has 0 saturated carbocycles. The number of hydrogen-bond acceptors (Lipinski definition) is 4. The summed E-state index contributed by atoms with van der Waals surface area (Å²) in [6.45, 7) is 13.7. The number of nitrogens with zero attached hydrogens (tertiary/aromatic N) is 3. The molecule has 1 aromatic rings. The van der Waals surface area contributed by atoms with Crippen molar-refractivity contribution in [3.05, 3.63) is 39.7 Å². The highest BCUT2D eigenvalue weighted by Crippen LogP contribution is 2.36. The minimum Gasteiger partial charge on any atom is -0.391 e. The van der Waals surface area contributed by atoms with Gasteiger partial charge in [0.25, 0.3) is 0 Å². The quantitative estimate of drug-likeness (QED) is 0.864. The number of aliphatic hydroxyl groups is 1. The van der Waals surface area contributed by atoms with E-state index in [0.717, 1.165) is 23.4 Å². The molecule has 0 bridgehead atoms. The standard InChI is InChI=1S/C17H20ClN3O2/c1-9(2)23-17-15(20-21-8-7-13(22)16(17)21)11-5-6-12(19-4)14(18)10(11)3/h5-6,9,13,16-17,22H,7-8H2,1-3H3/t13-,16-,17+/m0/s1. The van der Waals surface area contributed by atoms with Crippen LogP contribution in [0.15, 0.2) is 17.2 Å². The number of rotatable bonds is 3. The molecule has 3 atom stereocenters. The highest BCUT2D eigenvalue weighted by molar-refractivity contribution is 6.34. The SMILES string of the molecule is [C-]#[N+]c1ccc(C2=NN3CC[C@H](O)[C@H]3[C@@H]2OC(C)C)c(C)c1Cl. The first-order valence-electron chi connectivity index (χ1n) is 7.79.